The van der Waals surface area contributed by atoms with Crippen molar-refractivity contribution in [3.05, 3.63) is 53.3 Å². The van der Waals surface area contributed by atoms with E-state index in [1.54, 1.807) is 0 Å². The zero-order valence-corrected chi connectivity index (χ0v) is 17.0. The number of para-hydroxylation sites is 1. The molecular weight excluding hydrogens is 348 g/mol. The van der Waals surface area contributed by atoms with E-state index in [1.165, 1.54) is 0 Å². The van der Waals surface area contributed by atoms with Crippen LogP contribution in [0.5, 0.6) is 0 Å². The zero-order chi connectivity index (χ0) is 19.7. The van der Waals surface area contributed by atoms with Gasteiger partial charge in [-0.05, 0) is 43.9 Å². The summed E-state index contributed by atoms with van der Waals surface area (Å²) in [5, 5.41) is 5.89. The molecule has 0 aliphatic heterocycles. The molecule has 146 valence electrons. The van der Waals surface area contributed by atoms with Crippen molar-refractivity contribution in [1.29, 1.82) is 0 Å². The van der Waals surface area contributed by atoms with Crippen LogP contribution in [0.25, 0.3) is 16.7 Å². The van der Waals surface area contributed by atoms with Gasteiger partial charge < -0.3 is 4.90 Å². The molecule has 0 atom stereocenters. The summed E-state index contributed by atoms with van der Waals surface area (Å²) in [7, 11) is 1.90. The van der Waals surface area contributed by atoms with E-state index in [9.17, 15) is 4.79 Å². The fourth-order valence-corrected chi connectivity index (χ4v) is 3.64. The molecule has 0 spiro atoms. The lowest BCUT2D eigenvalue weighted by atomic mass is 10.0. The summed E-state index contributed by atoms with van der Waals surface area (Å²) >= 11 is 0. The molecule has 1 aliphatic carbocycles. The first-order chi connectivity index (χ1) is 13.6. The topological polar surface area (TPSA) is 51.0 Å². The second kappa shape index (κ2) is 7.74. The van der Waals surface area contributed by atoms with E-state index in [-0.39, 0.29) is 5.91 Å². The Bertz CT molecular complexity index is 989. The van der Waals surface area contributed by atoms with Gasteiger partial charge in [-0.2, -0.15) is 5.10 Å². The highest BCUT2D eigenvalue weighted by atomic mass is 16.2. The highest BCUT2D eigenvalue weighted by Crippen LogP contribution is 2.43. The Labute approximate surface area is 166 Å². The molecule has 0 bridgehead atoms. The molecule has 2 aromatic heterocycles. The molecule has 0 radical (unpaired) electrons. The molecule has 1 aliphatic rings. The minimum absolute atomic E-state index is 0.0741. The first kappa shape index (κ1) is 18.7. The van der Waals surface area contributed by atoms with Gasteiger partial charge in [0.2, 0.25) is 0 Å². The number of carbonyl (C=O) groups is 1. The van der Waals surface area contributed by atoms with Crippen LogP contribution in [-0.4, -0.2) is 39.2 Å². The predicted octanol–water partition coefficient (Wildman–Crippen LogP) is 4.73. The Morgan fingerprint density at radius 2 is 1.96 bits per heavy atom. The molecule has 28 heavy (non-hydrogen) atoms. The SMILES string of the molecule is CCCCN(C)C(=O)c1cc(CC)nc2c1c(C1CC1)nn2-c1ccccc1. The molecule has 1 amide bonds. The summed E-state index contributed by atoms with van der Waals surface area (Å²) in [5.41, 5.74) is 4.50. The smallest absolute Gasteiger partial charge is 0.254 e. The molecule has 0 N–H and O–H groups in total. The van der Waals surface area contributed by atoms with Crippen molar-refractivity contribution < 1.29 is 4.79 Å². The maximum atomic E-state index is 13.3. The largest absolute Gasteiger partial charge is 0.342 e. The molecule has 2 heterocycles. The molecule has 5 nitrogen and oxygen atoms in total. The van der Waals surface area contributed by atoms with Crippen molar-refractivity contribution in [1.82, 2.24) is 19.7 Å². The van der Waals surface area contributed by atoms with Gasteiger partial charge in [0, 0.05) is 25.2 Å². The first-order valence-corrected chi connectivity index (χ1v) is 10.4. The van der Waals surface area contributed by atoms with E-state index in [0.29, 0.717) is 5.92 Å². The maximum Gasteiger partial charge on any atom is 0.254 e. The highest BCUT2D eigenvalue weighted by Gasteiger charge is 2.33. The molecule has 1 aromatic carbocycles. The standard InChI is InChI=1S/C23H28N4O/c1-4-6-14-26(3)23(28)19-15-17(5-2)24-22-20(19)21(16-12-13-16)25-27(22)18-10-8-7-9-11-18/h7-11,15-16H,4-6,12-14H2,1-3H3. The van der Waals surface area contributed by atoms with Gasteiger partial charge in [-0.3, -0.25) is 4.79 Å². The number of nitrogens with zero attached hydrogens (tertiary/aromatic N) is 4. The fraction of sp³-hybridized carbons (Fsp3) is 0.435. The van der Waals surface area contributed by atoms with Crippen LogP contribution in [0.1, 0.15) is 67.2 Å². The van der Waals surface area contributed by atoms with Crippen LogP contribution in [0, 0.1) is 0 Å². The Kier molecular flexibility index (Phi) is 5.16. The van der Waals surface area contributed by atoms with Gasteiger partial charge in [-0.1, -0.05) is 38.5 Å². The van der Waals surface area contributed by atoms with Crippen LogP contribution >= 0.6 is 0 Å². The number of unbranched alkanes of at least 4 members (excludes halogenated alkanes) is 1. The lowest BCUT2D eigenvalue weighted by Gasteiger charge is -2.18. The van der Waals surface area contributed by atoms with Crippen molar-refractivity contribution in [2.24, 2.45) is 0 Å². The van der Waals surface area contributed by atoms with E-state index in [2.05, 4.69) is 13.8 Å². The van der Waals surface area contributed by atoms with Gasteiger partial charge in [0.15, 0.2) is 5.65 Å². The molecule has 4 rings (SSSR count). The summed E-state index contributed by atoms with van der Waals surface area (Å²) in [6, 6.07) is 12.1. The van der Waals surface area contributed by atoms with Crippen LogP contribution in [0.4, 0.5) is 0 Å². The molecule has 0 saturated heterocycles. The van der Waals surface area contributed by atoms with Crippen LogP contribution in [0.15, 0.2) is 36.4 Å². The quantitative estimate of drug-likeness (QED) is 0.599. The van der Waals surface area contributed by atoms with Gasteiger partial charge in [0.05, 0.1) is 22.3 Å². The lowest BCUT2D eigenvalue weighted by molar-refractivity contribution is 0.0795. The Balaban J connectivity index is 1.92. The average Bonchev–Trinajstić information content (AvgIpc) is 3.51. The van der Waals surface area contributed by atoms with Crippen molar-refractivity contribution in [3.63, 3.8) is 0 Å². The number of benzene rings is 1. The summed E-state index contributed by atoms with van der Waals surface area (Å²) in [5.74, 6) is 0.513. The second-order valence-corrected chi connectivity index (χ2v) is 7.70. The molecule has 1 fully saturated rings. The number of aryl methyl sites for hydroxylation is 1. The Morgan fingerprint density at radius 1 is 1.21 bits per heavy atom. The molecule has 1 saturated carbocycles. The van der Waals surface area contributed by atoms with Crippen LogP contribution in [0.3, 0.4) is 0 Å². The monoisotopic (exact) mass is 376 g/mol. The van der Waals surface area contributed by atoms with Crippen molar-refractivity contribution in [2.75, 3.05) is 13.6 Å². The van der Waals surface area contributed by atoms with E-state index < -0.39 is 0 Å². The Hall–Kier alpha value is -2.69. The number of fused-ring (bicyclic) bond motifs is 1. The lowest BCUT2D eigenvalue weighted by Crippen LogP contribution is -2.28. The number of amides is 1. The highest BCUT2D eigenvalue weighted by molar-refractivity contribution is 6.07. The van der Waals surface area contributed by atoms with E-state index in [4.69, 9.17) is 10.1 Å². The van der Waals surface area contributed by atoms with Gasteiger partial charge in [0.1, 0.15) is 0 Å². The number of aromatic nitrogens is 3. The molecular formula is C23H28N4O. The number of carbonyl (C=O) groups excluding carboxylic acids is 1. The molecule has 5 heteroatoms. The van der Waals surface area contributed by atoms with Gasteiger partial charge in [0.25, 0.3) is 5.91 Å². The van der Waals surface area contributed by atoms with Crippen LogP contribution < -0.4 is 0 Å². The summed E-state index contributed by atoms with van der Waals surface area (Å²) < 4.78 is 1.92. The van der Waals surface area contributed by atoms with E-state index in [0.717, 1.165) is 72.3 Å². The van der Waals surface area contributed by atoms with Crippen molar-refractivity contribution in [3.8, 4) is 5.69 Å². The van der Waals surface area contributed by atoms with Crippen molar-refractivity contribution in [2.45, 2.75) is 51.9 Å². The zero-order valence-electron chi connectivity index (χ0n) is 17.0. The molecule has 0 unspecified atom stereocenters. The van der Waals surface area contributed by atoms with Gasteiger partial charge in [-0.25, -0.2) is 9.67 Å². The van der Waals surface area contributed by atoms with Crippen molar-refractivity contribution >= 4 is 16.9 Å². The minimum Gasteiger partial charge on any atom is -0.342 e. The normalized spacial score (nSPS) is 13.8. The third-order valence-corrected chi connectivity index (χ3v) is 5.47. The van der Waals surface area contributed by atoms with Gasteiger partial charge in [-0.15, -0.1) is 0 Å². The van der Waals surface area contributed by atoms with Gasteiger partial charge >= 0.3 is 0 Å². The average molecular weight is 377 g/mol. The summed E-state index contributed by atoms with van der Waals surface area (Å²) in [6.07, 6.45) is 5.14. The number of rotatable bonds is 7. The second-order valence-electron chi connectivity index (χ2n) is 7.70. The predicted molar refractivity (Wildman–Crippen MR) is 112 cm³/mol. The number of hydrogen-bond acceptors (Lipinski definition) is 3. The number of hydrogen-bond donors (Lipinski definition) is 0. The Morgan fingerprint density at radius 3 is 2.61 bits per heavy atom. The fourth-order valence-electron chi connectivity index (χ4n) is 3.64. The van der Waals surface area contributed by atoms with E-state index >= 15 is 0 Å². The van der Waals surface area contributed by atoms with Crippen LogP contribution in [-0.2, 0) is 6.42 Å². The number of pyridine rings is 1. The first-order valence-electron chi connectivity index (χ1n) is 10.4. The summed E-state index contributed by atoms with van der Waals surface area (Å²) in [4.78, 5) is 20.1. The maximum absolute atomic E-state index is 13.3. The summed E-state index contributed by atoms with van der Waals surface area (Å²) in [6.45, 7) is 4.99. The van der Waals surface area contributed by atoms with E-state index in [1.807, 2.05) is 53.0 Å². The third-order valence-electron chi connectivity index (χ3n) is 5.47. The van der Waals surface area contributed by atoms with Crippen LogP contribution in [0.2, 0.25) is 0 Å². The minimum atomic E-state index is 0.0741. The third kappa shape index (κ3) is 3.41. The molecule has 3 aromatic rings.